The van der Waals surface area contributed by atoms with Crippen LogP contribution in [0.4, 0.5) is 0 Å². The van der Waals surface area contributed by atoms with Crippen molar-refractivity contribution in [2.75, 3.05) is 0 Å². The average molecular weight is 257 g/mol. The van der Waals surface area contributed by atoms with Crippen LogP contribution in [0.5, 0.6) is 0 Å². The molecule has 0 aliphatic carbocycles. The van der Waals surface area contributed by atoms with E-state index in [1.54, 1.807) is 0 Å². The van der Waals surface area contributed by atoms with Crippen molar-refractivity contribution in [1.82, 2.24) is 9.55 Å². The highest BCUT2D eigenvalue weighted by molar-refractivity contribution is 6.30. The number of halogens is 2. The lowest BCUT2D eigenvalue weighted by atomic mass is 10.1. The van der Waals surface area contributed by atoms with Gasteiger partial charge in [-0.15, -0.1) is 12.4 Å². The molecule has 0 spiro atoms. The second-order valence-corrected chi connectivity index (χ2v) is 4.09. The average Bonchev–Trinajstić information content (AvgIpc) is 2.47. The maximum absolute atomic E-state index is 5.98. The van der Waals surface area contributed by atoms with Crippen molar-refractivity contribution in [1.29, 1.82) is 0 Å². The van der Waals surface area contributed by atoms with Crippen molar-refractivity contribution >= 4 is 24.0 Å². The van der Waals surface area contributed by atoms with E-state index < -0.39 is 0 Å². The predicted molar refractivity (Wildman–Crippen MR) is 70.4 cm³/mol. The summed E-state index contributed by atoms with van der Waals surface area (Å²) in [5.41, 5.74) is 3.33. The zero-order valence-corrected chi connectivity index (χ0v) is 11.1. The van der Waals surface area contributed by atoms with E-state index in [9.17, 15) is 0 Å². The van der Waals surface area contributed by atoms with Crippen LogP contribution >= 0.6 is 24.0 Å². The van der Waals surface area contributed by atoms with E-state index in [0.29, 0.717) is 5.15 Å². The van der Waals surface area contributed by atoms with E-state index in [0.717, 1.165) is 17.1 Å². The minimum atomic E-state index is 0. The summed E-state index contributed by atoms with van der Waals surface area (Å²) >= 11 is 5.98. The zero-order chi connectivity index (χ0) is 11.0. The molecule has 1 heterocycles. The first-order chi connectivity index (χ1) is 7.09. The molecule has 0 amide bonds. The Balaban J connectivity index is 0.00000128. The first-order valence-electron chi connectivity index (χ1n) is 4.85. The first-order valence-corrected chi connectivity index (χ1v) is 5.23. The molecular weight excluding hydrogens is 243 g/mol. The number of aromatic nitrogens is 2. The molecule has 0 N–H and O–H groups in total. The molecule has 4 heteroatoms. The Bertz CT molecular complexity index is 486. The molecule has 2 aromatic rings. The smallest absolute Gasteiger partial charge is 0.150 e. The number of imidazole rings is 1. The minimum Gasteiger partial charge on any atom is -0.330 e. The highest BCUT2D eigenvalue weighted by atomic mass is 35.5. The fraction of sp³-hybridized carbons (Fsp3) is 0.250. The molecule has 0 aliphatic rings. The number of hydrogen-bond donors (Lipinski definition) is 0. The SMILES string of the molecule is Cc1ccc(-c2nc(Cl)c(C)n2C)cc1.Cl. The highest BCUT2D eigenvalue weighted by Gasteiger charge is 2.10. The van der Waals surface area contributed by atoms with Crippen LogP contribution in [0.25, 0.3) is 11.4 Å². The minimum absolute atomic E-state index is 0. The van der Waals surface area contributed by atoms with Crippen molar-refractivity contribution in [2.24, 2.45) is 7.05 Å². The maximum Gasteiger partial charge on any atom is 0.150 e. The lowest BCUT2D eigenvalue weighted by Gasteiger charge is -2.03. The molecule has 0 aliphatic heterocycles. The van der Waals surface area contributed by atoms with E-state index in [2.05, 4.69) is 36.2 Å². The van der Waals surface area contributed by atoms with Crippen molar-refractivity contribution in [3.8, 4) is 11.4 Å². The van der Waals surface area contributed by atoms with Gasteiger partial charge in [0.05, 0.1) is 5.69 Å². The number of benzene rings is 1. The van der Waals surface area contributed by atoms with E-state index in [-0.39, 0.29) is 12.4 Å². The molecular formula is C12H14Cl2N2. The second-order valence-electron chi connectivity index (χ2n) is 3.74. The fourth-order valence-electron chi connectivity index (χ4n) is 1.51. The van der Waals surface area contributed by atoms with Crippen LogP contribution in [0.1, 0.15) is 11.3 Å². The van der Waals surface area contributed by atoms with Crippen molar-refractivity contribution in [2.45, 2.75) is 13.8 Å². The number of aryl methyl sites for hydroxylation is 1. The third kappa shape index (κ3) is 2.23. The van der Waals surface area contributed by atoms with Crippen LogP contribution in [0, 0.1) is 13.8 Å². The van der Waals surface area contributed by atoms with Gasteiger partial charge in [0.2, 0.25) is 0 Å². The first kappa shape index (κ1) is 13.1. The molecule has 0 saturated heterocycles. The Labute approximate surface area is 107 Å². The van der Waals surface area contributed by atoms with Gasteiger partial charge in [0, 0.05) is 12.6 Å². The number of rotatable bonds is 1. The van der Waals surface area contributed by atoms with E-state index in [4.69, 9.17) is 11.6 Å². The normalized spacial score (nSPS) is 10.0. The molecule has 2 rings (SSSR count). The van der Waals surface area contributed by atoms with Crippen LogP contribution in [0.15, 0.2) is 24.3 Å². The quantitative estimate of drug-likeness (QED) is 0.760. The second kappa shape index (κ2) is 4.89. The monoisotopic (exact) mass is 256 g/mol. The Morgan fingerprint density at radius 1 is 1.12 bits per heavy atom. The fourth-order valence-corrected chi connectivity index (χ4v) is 1.71. The van der Waals surface area contributed by atoms with Crippen LogP contribution < -0.4 is 0 Å². The summed E-state index contributed by atoms with van der Waals surface area (Å²) in [6, 6.07) is 8.28. The molecule has 0 bridgehead atoms. The van der Waals surface area contributed by atoms with Gasteiger partial charge in [-0.05, 0) is 13.8 Å². The summed E-state index contributed by atoms with van der Waals surface area (Å²) < 4.78 is 2.01. The van der Waals surface area contributed by atoms with Crippen molar-refractivity contribution in [3.63, 3.8) is 0 Å². The van der Waals surface area contributed by atoms with Gasteiger partial charge in [0.15, 0.2) is 5.15 Å². The Kier molecular flexibility index (Phi) is 4.00. The molecule has 16 heavy (non-hydrogen) atoms. The molecule has 1 aromatic carbocycles. The lowest BCUT2D eigenvalue weighted by molar-refractivity contribution is 0.884. The molecule has 0 radical (unpaired) electrons. The number of hydrogen-bond acceptors (Lipinski definition) is 1. The van der Waals surface area contributed by atoms with Gasteiger partial charge in [0.1, 0.15) is 5.82 Å². The van der Waals surface area contributed by atoms with Gasteiger partial charge in [-0.1, -0.05) is 41.4 Å². The summed E-state index contributed by atoms with van der Waals surface area (Å²) in [5.74, 6) is 0.914. The molecule has 1 aromatic heterocycles. The van der Waals surface area contributed by atoms with Crippen LogP contribution in [-0.4, -0.2) is 9.55 Å². The van der Waals surface area contributed by atoms with Gasteiger partial charge in [-0.3, -0.25) is 0 Å². The predicted octanol–water partition coefficient (Wildman–Crippen LogP) is 3.78. The third-order valence-corrected chi connectivity index (χ3v) is 2.99. The van der Waals surface area contributed by atoms with Crippen molar-refractivity contribution < 1.29 is 0 Å². The summed E-state index contributed by atoms with van der Waals surface area (Å²) in [6.07, 6.45) is 0. The molecule has 0 atom stereocenters. The zero-order valence-electron chi connectivity index (χ0n) is 9.49. The largest absolute Gasteiger partial charge is 0.330 e. The topological polar surface area (TPSA) is 17.8 Å². The molecule has 0 fully saturated rings. The summed E-state index contributed by atoms with van der Waals surface area (Å²) in [6.45, 7) is 4.04. The van der Waals surface area contributed by atoms with Gasteiger partial charge >= 0.3 is 0 Å². The van der Waals surface area contributed by atoms with Gasteiger partial charge in [-0.25, -0.2) is 4.98 Å². The lowest BCUT2D eigenvalue weighted by Crippen LogP contribution is -1.94. The standard InChI is InChI=1S/C12H13ClN2.ClH/c1-8-4-6-10(7-5-8)12-14-11(13)9(2)15(12)3;/h4-7H,1-3H3;1H. The van der Waals surface area contributed by atoms with Gasteiger partial charge < -0.3 is 4.57 Å². The summed E-state index contributed by atoms with van der Waals surface area (Å²) in [7, 11) is 1.98. The third-order valence-electron chi connectivity index (χ3n) is 2.63. The van der Waals surface area contributed by atoms with Crippen LogP contribution in [0.2, 0.25) is 5.15 Å². The summed E-state index contributed by atoms with van der Waals surface area (Å²) in [5, 5.41) is 0.577. The molecule has 2 nitrogen and oxygen atoms in total. The van der Waals surface area contributed by atoms with Crippen LogP contribution in [0.3, 0.4) is 0 Å². The maximum atomic E-state index is 5.98. The van der Waals surface area contributed by atoms with Crippen molar-refractivity contribution in [3.05, 3.63) is 40.7 Å². The van der Waals surface area contributed by atoms with E-state index in [1.165, 1.54) is 5.56 Å². The Hall–Kier alpha value is -0.990. The highest BCUT2D eigenvalue weighted by Crippen LogP contribution is 2.23. The number of nitrogens with zero attached hydrogens (tertiary/aromatic N) is 2. The molecule has 0 saturated carbocycles. The van der Waals surface area contributed by atoms with Gasteiger partial charge in [-0.2, -0.15) is 0 Å². The van der Waals surface area contributed by atoms with E-state index >= 15 is 0 Å². The molecule has 86 valence electrons. The van der Waals surface area contributed by atoms with E-state index in [1.807, 2.05) is 18.5 Å². The Morgan fingerprint density at radius 3 is 2.12 bits per heavy atom. The van der Waals surface area contributed by atoms with Crippen LogP contribution in [-0.2, 0) is 7.05 Å². The summed E-state index contributed by atoms with van der Waals surface area (Å²) in [4.78, 5) is 4.34. The van der Waals surface area contributed by atoms with Gasteiger partial charge in [0.25, 0.3) is 0 Å². The molecule has 0 unspecified atom stereocenters. The Morgan fingerprint density at radius 2 is 1.69 bits per heavy atom.